The van der Waals surface area contributed by atoms with Crippen molar-refractivity contribution in [2.24, 2.45) is 0 Å². The molecule has 1 aliphatic heterocycles. The number of anilines is 2. The van der Waals surface area contributed by atoms with Crippen LogP contribution in [0.15, 0.2) is 41.2 Å². The van der Waals surface area contributed by atoms with Crippen LogP contribution >= 0.6 is 11.6 Å². The van der Waals surface area contributed by atoms with Gasteiger partial charge in [0.05, 0.1) is 16.2 Å². The first kappa shape index (κ1) is 26.3. The summed E-state index contributed by atoms with van der Waals surface area (Å²) in [6.07, 6.45) is 4.63. The van der Waals surface area contributed by atoms with E-state index in [1.165, 1.54) is 6.42 Å². The molecule has 3 aromatic heterocycles. The van der Waals surface area contributed by atoms with E-state index in [1.54, 1.807) is 6.20 Å². The van der Waals surface area contributed by atoms with E-state index >= 15 is 0 Å². The van der Waals surface area contributed by atoms with Crippen molar-refractivity contribution in [2.45, 2.75) is 26.8 Å². The van der Waals surface area contributed by atoms with E-state index in [-0.39, 0.29) is 0 Å². The van der Waals surface area contributed by atoms with Gasteiger partial charge in [0.15, 0.2) is 0 Å². The van der Waals surface area contributed by atoms with Gasteiger partial charge in [-0.25, -0.2) is 4.98 Å². The highest BCUT2D eigenvalue weighted by atomic mass is 35.5. The van der Waals surface area contributed by atoms with Crippen molar-refractivity contribution in [3.8, 4) is 11.1 Å². The molecule has 0 aliphatic carbocycles. The number of aromatic nitrogens is 4. The van der Waals surface area contributed by atoms with E-state index in [0.29, 0.717) is 11.6 Å². The Morgan fingerprint density at radius 3 is 2.58 bits per heavy atom. The Morgan fingerprint density at radius 2 is 1.87 bits per heavy atom. The number of fused-ring (bicyclic) bond motifs is 1. The third-order valence-electron chi connectivity index (χ3n) is 6.96. The lowest BCUT2D eigenvalue weighted by molar-refractivity contribution is 0.241. The van der Waals surface area contributed by atoms with Crippen molar-refractivity contribution in [3.05, 3.63) is 58.7 Å². The zero-order valence-electron chi connectivity index (χ0n) is 22.5. The summed E-state index contributed by atoms with van der Waals surface area (Å²) < 4.78 is 5.42. The number of pyridine rings is 1. The Hall–Kier alpha value is -3.27. The smallest absolute Gasteiger partial charge is 0.227 e. The molecule has 0 bridgehead atoms. The minimum atomic E-state index is 0.550. The highest BCUT2D eigenvalue weighted by Gasteiger charge is 2.21. The van der Waals surface area contributed by atoms with Crippen LogP contribution in [0.1, 0.15) is 23.4 Å². The number of halogens is 1. The predicted molar refractivity (Wildman–Crippen MR) is 153 cm³/mol. The van der Waals surface area contributed by atoms with Gasteiger partial charge in [-0.15, -0.1) is 0 Å². The van der Waals surface area contributed by atoms with Gasteiger partial charge in [0, 0.05) is 56.1 Å². The molecule has 1 saturated heterocycles. The summed E-state index contributed by atoms with van der Waals surface area (Å²) >= 11 is 6.17. The molecule has 0 spiro atoms. The first-order valence-corrected chi connectivity index (χ1v) is 13.5. The molecule has 1 N–H and O–H groups in total. The summed E-state index contributed by atoms with van der Waals surface area (Å²) in [5.74, 6) is 2.33. The van der Waals surface area contributed by atoms with E-state index in [2.05, 4.69) is 62.5 Å². The molecular weight excluding hydrogens is 500 g/mol. The van der Waals surface area contributed by atoms with Gasteiger partial charge in [-0.05, 0) is 76.8 Å². The highest BCUT2D eigenvalue weighted by Crippen LogP contribution is 2.32. The normalized spacial score (nSPS) is 14.5. The molecule has 1 aliphatic rings. The summed E-state index contributed by atoms with van der Waals surface area (Å²) in [5.41, 5.74) is 4.78. The number of nitrogens with one attached hydrogen (secondary N) is 1. The Labute approximate surface area is 228 Å². The monoisotopic (exact) mass is 534 g/mol. The third kappa shape index (κ3) is 6.06. The minimum Gasteiger partial charge on any atom is -0.365 e. The SMILES string of the molecule is Cc1noc(C)c1-c1ccc2nc(N3CCN(CCCN(C)C)CC3)nc(NCc3cncc(Cl)c3)c2c1. The van der Waals surface area contributed by atoms with E-state index in [1.807, 2.05) is 26.1 Å². The van der Waals surface area contributed by atoms with Gasteiger partial charge in [0.1, 0.15) is 11.6 Å². The maximum absolute atomic E-state index is 6.17. The van der Waals surface area contributed by atoms with Crippen molar-refractivity contribution in [1.82, 2.24) is 29.9 Å². The molecule has 0 unspecified atom stereocenters. The Bertz CT molecular complexity index is 1380. The fraction of sp³-hybridized carbons (Fsp3) is 0.429. The molecule has 200 valence electrons. The summed E-state index contributed by atoms with van der Waals surface area (Å²) in [4.78, 5) is 21.3. The molecule has 1 aromatic carbocycles. The van der Waals surface area contributed by atoms with Gasteiger partial charge in [0.2, 0.25) is 5.95 Å². The Morgan fingerprint density at radius 1 is 1.05 bits per heavy atom. The summed E-state index contributed by atoms with van der Waals surface area (Å²) in [6, 6.07) is 8.17. The molecule has 4 heterocycles. The molecule has 0 radical (unpaired) electrons. The standard InChI is InChI=1S/C28H35ClN8O/c1-19-26(20(2)38-34-19)22-6-7-25-24(15-22)27(31-17-21-14-23(29)18-30-16-21)33-28(32-25)37-12-10-36(11-13-37)9-5-8-35(3)4/h6-7,14-16,18H,5,8-13,17H2,1-4H3,(H,31,32,33). The van der Waals surface area contributed by atoms with Gasteiger partial charge in [-0.1, -0.05) is 22.8 Å². The Balaban J connectivity index is 1.42. The lowest BCUT2D eigenvalue weighted by Crippen LogP contribution is -2.47. The van der Waals surface area contributed by atoms with E-state index in [0.717, 1.165) is 90.1 Å². The van der Waals surface area contributed by atoms with Crippen LogP contribution in [-0.4, -0.2) is 83.3 Å². The van der Waals surface area contributed by atoms with E-state index < -0.39 is 0 Å². The highest BCUT2D eigenvalue weighted by molar-refractivity contribution is 6.30. The molecule has 10 heteroatoms. The Kier molecular flexibility index (Phi) is 8.06. The van der Waals surface area contributed by atoms with Gasteiger partial charge >= 0.3 is 0 Å². The number of benzene rings is 1. The molecule has 38 heavy (non-hydrogen) atoms. The van der Waals surface area contributed by atoms with Gasteiger partial charge in [0.25, 0.3) is 0 Å². The first-order valence-electron chi connectivity index (χ1n) is 13.1. The number of aryl methyl sites for hydroxylation is 2. The molecule has 0 saturated carbocycles. The molecule has 5 rings (SSSR count). The molecular formula is C28H35ClN8O. The van der Waals surface area contributed by atoms with Crippen LogP contribution in [0.4, 0.5) is 11.8 Å². The zero-order chi connectivity index (χ0) is 26.6. The molecule has 4 aromatic rings. The topological polar surface area (TPSA) is 86.5 Å². The van der Waals surface area contributed by atoms with Crippen LogP contribution in [-0.2, 0) is 6.54 Å². The van der Waals surface area contributed by atoms with Crippen molar-refractivity contribution >= 4 is 34.3 Å². The van der Waals surface area contributed by atoms with E-state index in [4.69, 9.17) is 26.1 Å². The van der Waals surface area contributed by atoms with Crippen molar-refractivity contribution in [2.75, 3.05) is 63.6 Å². The maximum Gasteiger partial charge on any atom is 0.227 e. The quantitative estimate of drug-likeness (QED) is 0.330. The van der Waals surface area contributed by atoms with Gasteiger partial charge in [-0.3, -0.25) is 9.88 Å². The minimum absolute atomic E-state index is 0.550. The largest absolute Gasteiger partial charge is 0.365 e. The predicted octanol–water partition coefficient (Wildman–Crippen LogP) is 4.64. The van der Waals surface area contributed by atoms with Crippen LogP contribution in [0.2, 0.25) is 5.02 Å². The van der Waals surface area contributed by atoms with Crippen LogP contribution in [0.5, 0.6) is 0 Å². The third-order valence-corrected chi connectivity index (χ3v) is 7.17. The number of hydrogen-bond donors (Lipinski definition) is 1. The number of piperazine rings is 1. The van der Waals surface area contributed by atoms with Gasteiger partial charge in [-0.2, -0.15) is 4.98 Å². The maximum atomic E-state index is 6.17. The molecule has 9 nitrogen and oxygen atoms in total. The summed E-state index contributed by atoms with van der Waals surface area (Å²) in [5, 5.41) is 9.22. The van der Waals surface area contributed by atoms with Gasteiger partial charge < -0.3 is 19.6 Å². The fourth-order valence-corrected chi connectivity index (χ4v) is 5.16. The lowest BCUT2D eigenvalue weighted by Gasteiger charge is -2.35. The van der Waals surface area contributed by atoms with Crippen molar-refractivity contribution in [1.29, 1.82) is 0 Å². The second kappa shape index (κ2) is 11.6. The first-order chi connectivity index (χ1) is 18.4. The summed E-state index contributed by atoms with van der Waals surface area (Å²) in [6.45, 7) is 10.5. The average molecular weight is 535 g/mol. The average Bonchev–Trinajstić information content (AvgIpc) is 3.24. The molecule has 0 atom stereocenters. The second-order valence-corrected chi connectivity index (χ2v) is 10.6. The number of hydrogen-bond acceptors (Lipinski definition) is 9. The second-order valence-electron chi connectivity index (χ2n) is 10.2. The van der Waals surface area contributed by atoms with Crippen LogP contribution in [0.3, 0.4) is 0 Å². The van der Waals surface area contributed by atoms with Crippen molar-refractivity contribution < 1.29 is 4.52 Å². The lowest BCUT2D eigenvalue weighted by atomic mass is 10.0. The molecule has 1 fully saturated rings. The molecule has 0 amide bonds. The number of rotatable bonds is 9. The van der Waals surface area contributed by atoms with E-state index in [9.17, 15) is 0 Å². The fourth-order valence-electron chi connectivity index (χ4n) is 4.96. The van der Waals surface area contributed by atoms with Crippen LogP contribution < -0.4 is 10.2 Å². The van der Waals surface area contributed by atoms with Crippen LogP contribution in [0.25, 0.3) is 22.0 Å². The van der Waals surface area contributed by atoms with Crippen molar-refractivity contribution in [3.63, 3.8) is 0 Å². The zero-order valence-corrected chi connectivity index (χ0v) is 23.3. The van der Waals surface area contributed by atoms with Crippen LogP contribution in [0, 0.1) is 13.8 Å². The summed E-state index contributed by atoms with van der Waals surface area (Å²) in [7, 11) is 4.25. The number of nitrogens with zero attached hydrogens (tertiary/aromatic N) is 7.